The second-order valence-corrected chi connectivity index (χ2v) is 9.17. The van der Waals surface area contributed by atoms with E-state index < -0.39 is 16.1 Å². The molecule has 1 heterocycles. The maximum atomic E-state index is 12.5. The number of hydrogen-bond donors (Lipinski definition) is 2. The van der Waals surface area contributed by atoms with Gasteiger partial charge in [0.05, 0.1) is 5.75 Å². The minimum atomic E-state index is -3.46. The molecule has 1 amide bonds. The Morgan fingerprint density at radius 1 is 1.30 bits per heavy atom. The molecule has 2 aromatic rings. The molecule has 27 heavy (non-hydrogen) atoms. The van der Waals surface area contributed by atoms with Gasteiger partial charge in [0.2, 0.25) is 15.9 Å². The lowest BCUT2D eigenvalue weighted by Gasteiger charge is -2.18. The van der Waals surface area contributed by atoms with Crippen LogP contribution >= 0.6 is 11.8 Å². The summed E-state index contributed by atoms with van der Waals surface area (Å²) in [5, 5.41) is 2.80. The van der Waals surface area contributed by atoms with Crippen molar-refractivity contribution < 1.29 is 13.2 Å². The van der Waals surface area contributed by atoms with Crippen LogP contribution in [0.4, 0.5) is 5.69 Å². The van der Waals surface area contributed by atoms with Crippen LogP contribution in [0.15, 0.2) is 36.7 Å². The minimum Gasteiger partial charge on any atom is -0.331 e. The molecular weight excluding hydrogens is 384 g/mol. The van der Waals surface area contributed by atoms with Gasteiger partial charge in [0, 0.05) is 24.6 Å². The fourth-order valence-corrected chi connectivity index (χ4v) is 3.77. The Labute approximate surface area is 165 Å². The molecule has 1 aromatic heterocycles. The molecule has 9 heteroatoms. The summed E-state index contributed by atoms with van der Waals surface area (Å²) < 4.78 is 28.2. The van der Waals surface area contributed by atoms with Crippen LogP contribution in [0, 0.1) is 6.92 Å². The predicted octanol–water partition coefficient (Wildman–Crippen LogP) is 2.24. The first-order chi connectivity index (χ1) is 12.8. The number of carbonyl (C=O) groups excluding carboxylic acids is 1. The average molecular weight is 411 g/mol. The Hall–Kier alpha value is -1.84. The fraction of sp³-hybridized carbons (Fsp3) is 0.444. The molecule has 0 aliphatic heterocycles. The first-order valence-electron chi connectivity index (χ1n) is 8.71. The minimum absolute atomic E-state index is 0.0571. The van der Waals surface area contributed by atoms with Crippen molar-refractivity contribution in [2.75, 3.05) is 23.1 Å². The monoisotopic (exact) mass is 410 g/mol. The number of imidazole rings is 1. The molecule has 1 unspecified atom stereocenters. The van der Waals surface area contributed by atoms with Gasteiger partial charge in [-0.05, 0) is 50.0 Å². The van der Waals surface area contributed by atoms with Gasteiger partial charge in [0.25, 0.3) is 0 Å². The van der Waals surface area contributed by atoms with Crippen LogP contribution in [0.3, 0.4) is 0 Å². The average Bonchev–Trinajstić information content (AvgIpc) is 3.05. The number of carbonyl (C=O) groups is 1. The molecule has 0 saturated carbocycles. The second kappa shape index (κ2) is 9.91. The highest BCUT2D eigenvalue weighted by Gasteiger charge is 2.23. The Bertz CT molecular complexity index is 848. The fourth-order valence-electron chi connectivity index (χ4n) is 2.47. The maximum absolute atomic E-state index is 12.5. The molecule has 0 radical (unpaired) electrons. The van der Waals surface area contributed by atoms with E-state index in [1.54, 1.807) is 24.9 Å². The first kappa shape index (κ1) is 21.5. The van der Waals surface area contributed by atoms with Crippen molar-refractivity contribution in [1.29, 1.82) is 0 Å². The van der Waals surface area contributed by atoms with Crippen LogP contribution < -0.4 is 10.0 Å². The lowest BCUT2D eigenvalue weighted by atomic mass is 10.2. The summed E-state index contributed by atoms with van der Waals surface area (Å²) in [5.41, 5.74) is 1.72. The Kier molecular flexibility index (Phi) is 7.88. The van der Waals surface area contributed by atoms with Gasteiger partial charge in [-0.25, -0.2) is 18.1 Å². The SMILES string of the molecule is CCS(=O)(=O)NC(CCSC)C(=O)Nc1ccc(Cn2ccnc2C)cc1. The second-order valence-electron chi connectivity index (χ2n) is 6.14. The molecule has 0 bridgehead atoms. The van der Waals surface area contributed by atoms with Gasteiger partial charge in [-0.2, -0.15) is 11.8 Å². The summed E-state index contributed by atoms with van der Waals surface area (Å²) in [4.78, 5) is 16.7. The largest absolute Gasteiger partial charge is 0.331 e. The van der Waals surface area contributed by atoms with Gasteiger partial charge in [0.15, 0.2) is 0 Å². The molecule has 2 N–H and O–H groups in total. The zero-order valence-corrected chi connectivity index (χ0v) is 17.4. The summed E-state index contributed by atoms with van der Waals surface area (Å²) in [6.45, 7) is 4.19. The molecule has 0 fully saturated rings. The molecule has 2 rings (SSSR count). The standard InChI is InChI=1S/C18H26N4O3S2/c1-4-27(24,25)21-17(9-12-26-3)18(23)20-16-7-5-15(6-8-16)13-22-11-10-19-14(22)2/h5-8,10-11,17,21H,4,9,12-13H2,1-3H3,(H,20,23). The Morgan fingerprint density at radius 3 is 2.56 bits per heavy atom. The van der Waals surface area contributed by atoms with Crippen molar-refractivity contribution in [3.63, 3.8) is 0 Å². The smallest absolute Gasteiger partial charge is 0.242 e. The Morgan fingerprint density at radius 2 is 2.00 bits per heavy atom. The number of anilines is 1. The zero-order chi connectivity index (χ0) is 19.9. The topological polar surface area (TPSA) is 93.1 Å². The number of sulfonamides is 1. The highest BCUT2D eigenvalue weighted by Crippen LogP contribution is 2.13. The molecular formula is C18H26N4O3S2. The summed E-state index contributed by atoms with van der Waals surface area (Å²) in [6.07, 6.45) is 6.03. The molecule has 0 spiro atoms. The van der Waals surface area contributed by atoms with Gasteiger partial charge in [-0.1, -0.05) is 12.1 Å². The number of amides is 1. The van der Waals surface area contributed by atoms with Gasteiger partial charge < -0.3 is 9.88 Å². The number of rotatable bonds is 10. The van der Waals surface area contributed by atoms with Crippen LogP contribution in [0.1, 0.15) is 24.7 Å². The molecule has 0 aliphatic rings. The van der Waals surface area contributed by atoms with Gasteiger partial charge in [0.1, 0.15) is 11.9 Å². The number of benzene rings is 1. The third-order valence-electron chi connectivity index (χ3n) is 4.13. The highest BCUT2D eigenvalue weighted by atomic mass is 32.2. The summed E-state index contributed by atoms with van der Waals surface area (Å²) in [7, 11) is -3.46. The van der Waals surface area contributed by atoms with Gasteiger partial charge >= 0.3 is 0 Å². The van der Waals surface area contributed by atoms with Crippen LogP contribution in [-0.2, 0) is 21.4 Å². The van der Waals surface area contributed by atoms with Crippen molar-refractivity contribution in [2.24, 2.45) is 0 Å². The molecule has 0 aliphatic carbocycles. The van der Waals surface area contributed by atoms with Crippen LogP contribution in [0.5, 0.6) is 0 Å². The van der Waals surface area contributed by atoms with Gasteiger partial charge in [-0.15, -0.1) is 0 Å². The van der Waals surface area contributed by atoms with Gasteiger partial charge in [-0.3, -0.25) is 4.79 Å². The maximum Gasteiger partial charge on any atom is 0.242 e. The van der Waals surface area contributed by atoms with E-state index in [0.717, 1.165) is 11.4 Å². The predicted molar refractivity (Wildman–Crippen MR) is 111 cm³/mol. The van der Waals surface area contributed by atoms with Crippen LogP contribution in [0.2, 0.25) is 0 Å². The van der Waals surface area contributed by atoms with Crippen molar-refractivity contribution in [2.45, 2.75) is 32.9 Å². The first-order valence-corrected chi connectivity index (χ1v) is 11.8. The molecule has 7 nitrogen and oxygen atoms in total. The van der Waals surface area contributed by atoms with E-state index in [1.807, 2.05) is 48.2 Å². The Balaban J connectivity index is 2.02. The van der Waals surface area contributed by atoms with Crippen LogP contribution in [0.25, 0.3) is 0 Å². The quantitative estimate of drug-likeness (QED) is 0.627. The van der Waals surface area contributed by atoms with E-state index in [1.165, 1.54) is 0 Å². The van der Waals surface area contributed by atoms with E-state index in [0.29, 0.717) is 24.4 Å². The molecule has 148 valence electrons. The van der Waals surface area contributed by atoms with E-state index in [-0.39, 0.29) is 11.7 Å². The van der Waals surface area contributed by atoms with E-state index >= 15 is 0 Å². The summed E-state index contributed by atoms with van der Waals surface area (Å²) in [6, 6.07) is 6.72. The third-order valence-corrected chi connectivity index (χ3v) is 6.17. The summed E-state index contributed by atoms with van der Waals surface area (Å²) >= 11 is 1.57. The number of hydrogen-bond acceptors (Lipinski definition) is 5. The number of thioether (sulfide) groups is 1. The molecule has 1 atom stereocenters. The van der Waals surface area contributed by atoms with Crippen molar-refractivity contribution in [1.82, 2.24) is 14.3 Å². The lowest BCUT2D eigenvalue weighted by Crippen LogP contribution is -2.44. The van der Waals surface area contributed by atoms with E-state index in [4.69, 9.17) is 0 Å². The lowest BCUT2D eigenvalue weighted by molar-refractivity contribution is -0.117. The van der Waals surface area contributed by atoms with Crippen molar-refractivity contribution >= 4 is 33.4 Å². The number of aryl methyl sites for hydroxylation is 1. The summed E-state index contributed by atoms with van der Waals surface area (Å²) in [5.74, 6) is 1.22. The van der Waals surface area contributed by atoms with Crippen molar-refractivity contribution in [3.05, 3.63) is 48.0 Å². The normalized spacial score (nSPS) is 12.7. The highest BCUT2D eigenvalue weighted by molar-refractivity contribution is 7.98. The van der Waals surface area contributed by atoms with E-state index in [2.05, 4.69) is 15.0 Å². The van der Waals surface area contributed by atoms with E-state index in [9.17, 15) is 13.2 Å². The van der Waals surface area contributed by atoms with Crippen LogP contribution in [-0.4, -0.2) is 47.7 Å². The molecule has 1 aromatic carbocycles. The number of aromatic nitrogens is 2. The molecule has 0 saturated heterocycles. The third kappa shape index (κ3) is 6.67. The zero-order valence-electron chi connectivity index (χ0n) is 15.8. The van der Waals surface area contributed by atoms with Crippen molar-refractivity contribution in [3.8, 4) is 0 Å². The number of nitrogens with one attached hydrogen (secondary N) is 2. The number of nitrogens with zero attached hydrogens (tertiary/aromatic N) is 2.